The molecule has 3 heteroatoms. The van der Waals surface area contributed by atoms with Crippen LogP contribution in [0, 0.1) is 13.8 Å². The number of hydrogen-bond donors (Lipinski definition) is 3. The summed E-state index contributed by atoms with van der Waals surface area (Å²) in [4.78, 5) is 0. The van der Waals surface area contributed by atoms with Crippen LogP contribution in [0.5, 0.6) is 11.5 Å². The quantitative estimate of drug-likeness (QED) is 0.637. The fraction of sp³-hybridized carbons (Fsp3) is 0.538. The molecule has 3 nitrogen and oxygen atoms in total. The van der Waals surface area contributed by atoms with E-state index < -0.39 is 0 Å². The van der Waals surface area contributed by atoms with Crippen molar-refractivity contribution in [1.82, 2.24) is 5.32 Å². The Labute approximate surface area is 96.1 Å². The second kappa shape index (κ2) is 4.34. The molecule has 0 aliphatic carbocycles. The summed E-state index contributed by atoms with van der Waals surface area (Å²) >= 11 is 0. The number of aromatic hydroxyl groups is 2. The van der Waals surface area contributed by atoms with E-state index in [0.29, 0.717) is 5.92 Å². The zero-order valence-corrected chi connectivity index (χ0v) is 9.88. The summed E-state index contributed by atoms with van der Waals surface area (Å²) < 4.78 is 0. The van der Waals surface area contributed by atoms with Gasteiger partial charge in [0.1, 0.15) is 0 Å². The Bertz CT molecular complexity index is 395. The van der Waals surface area contributed by atoms with Crippen LogP contribution in [-0.4, -0.2) is 23.3 Å². The minimum Gasteiger partial charge on any atom is -0.504 e. The van der Waals surface area contributed by atoms with Crippen LogP contribution >= 0.6 is 0 Å². The smallest absolute Gasteiger partial charge is 0.161 e. The van der Waals surface area contributed by atoms with Crippen LogP contribution in [0.4, 0.5) is 0 Å². The van der Waals surface area contributed by atoms with Crippen LogP contribution in [0.1, 0.15) is 35.4 Å². The third kappa shape index (κ3) is 1.87. The summed E-state index contributed by atoms with van der Waals surface area (Å²) in [6.07, 6.45) is 2.05. The molecule has 0 aromatic heterocycles. The lowest BCUT2D eigenvalue weighted by Gasteiger charge is -2.24. The van der Waals surface area contributed by atoms with E-state index in [2.05, 4.69) is 5.32 Å². The topological polar surface area (TPSA) is 52.5 Å². The molecule has 1 heterocycles. The number of phenolic OH excluding ortho intramolecular Hbond substituents is 2. The average Bonchev–Trinajstić information content (AvgIpc) is 2.32. The average molecular weight is 221 g/mol. The molecule has 1 saturated heterocycles. The molecule has 2 rings (SSSR count). The predicted octanol–water partition coefficient (Wildman–Crippen LogP) is 2.18. The number of nitrogens with one attached hydrogen (secondary N) is 1. The molecule has 1 aromatic carbocycles. The van der Waals surface area contributed by atoms with Crippen LogP contribution in [0.15, 0.2) is 6.07 Å². The molecular formula is C13H19NO2. The van der Waals surface area contributed by atoms with Gasteiger partial charge < -0.3 is 15.5 Å². The summed E-state index contributed by atoms with van der Waals surface area (Å²) in [6.45, 7) is 5.77. The monoisotopic (exact) mass is 221 g/mol. The summed E-state index contributed by atoms with van der Waals surface area (Å²) in [5.74, 6) is 0.495. The summed E-state index contributed by atoms with van der Waals surface area (Å²) in [6, 6.07) is 2.01. The van der Waals surface area contributed by atoms with Crippen LogP contribution in [0.2, 0.25) is 0 Å². The van der Waals surface area contributed by atoms with E-state index >= 15 is 0 Å². The SMILES string of the molecule is Cc1cc(C2CCNCC2)c(O)c(O)c1C. The molecule has 0 unspecified atom stereocenters. The lowest BCUT2D eigenvalue weighted by molar-refractivity contribution is 0.382. The van der Waals surface area contributed by atoms with Gasteiger partial charge >= 0.3 is 0 Å². The van der Waals surface area contributed by atoms with E-state index in [9.17, 15) is 10.2 Å². The highest BCUT2D eigenvalue weighted by Gasteiger charge is 2.21. The molecule has 16 heavy (non-hydrogen) atoms. The van der Waals surface area contributed by atoms with Gasteiger partial charge in [-0.1, -0.05) is 6.07 Å². The Morgan fingerprint density at radius 1 is 1.12 bits per heavy atom. The first-order valence-corrected chi connectivity index (χ1v) is 5.84. The van der Waals surface area contributed by atoms with E-state index in [-0.39, 0.29) is 11.5 Å². The van der Waals surface area contributed by atoms with Gasteiger partial charge in [0, 0.05) is 5.56 Å². The molecule has 1 aliphatic heterocycles. The Morgan fingerprint density at radius 2 is 1.75 bits per heavy atom. The molecule has 0 spiro atoms. The first-order chi connectivity index (χ1) is 7.61. The van der Waals surface area contributed by atoms with Gasteiger partial charge in [-0.15, -0.1) is 0 Å². The fourth-order valence-electron chi connectivity index (χ4n) is 2.36. The van der Waals surface area contributed by atoms with Crippen molar-refractivity contribution in [3.05, 3.63) is 22.8 Å². The van der Waals surface area contributed by atoms with Crippen molar-refractivity contribution in [1.29, 1.82) is 0 Å². The molecule has 0 bridgehead atoms. The van der Waals surface area contributed by atoms with Crippen molar-refractivity contribution in [3.63, 3.8) is 0 Å². The van der Waals surface area contributed by atoms with Crippen molar-refractivity contribution in [2.24, 2.45) is 0 Å². The first kappa shape index (κ1) is 11.3. The van der Waals surface area contributed by atoms with Crippen molar-refractivity contribution in [2.75, 3.05) is 13.1 Å². The zero-order valence-electron chi connectivity index (χ0n) is 9.88. The van der Waals surface area contributed by atoms with Crippen LogP contribution in [0.25, 0.3) is 0 Å². The molecule has 0 radical (unpaired) electrons. The highest BCUT2D eigenvalue weighted by molar-refractivity contribution is 5.54. The lowest BCUT2D eigenvalue weighted by atomic mass is 9.87. The number of aryl methyl sites for hydroxylation is 1. The maximum atomic E-state index is 9.98. The second-order valence-electron chi connectivity index (χ2n) is 4.63. The Balaban J connectivity index is 2.40. The van der Waals surface area contributed by atoms with Crippen LogP contribution < -0.4 is 5.32 Å². The van der Waals surface area contributed by atoms with Crippen molar-refractivity contribution >= 4 is 0 Å². The number of hydrogen-bond acceptors (Lipinski definition) is 3. The molecule has 1 aliphatic rings. The normalized spacial score (nSPS) is 17.6. The summed E-state index contributed by atoms with van der Waals surface area (Å²) in [7, 11) is 0. The number of phenols is 2. The molecule has 0 amide bonds. The first-order valence-electron chi connectivity index (χ1n) is 5.84. The van der Waals surface area contributed by atoms with Gasteiger partial charge in [-0.3, -0.25) is 0 Å². The Morgan fingerprint density at radius 3 is 2.38 bits per heavy atom. The number of benzene rings is 1. The summed E-state index contributed by atoms with van der Waals surface area (Å²) in [5.41, 5.74) is 2.72. The maximum Gasteiger partial charge on any atom is 0.161 e. The van der Waals surface area contributed by atoms with E-state index in [1.165, 1.54) is 0 Å². The van der Waals surface area contributed by atoms with Crippen molar-refractivity contribution < 1.29 is 10.2 Å². The van der Waals surface area contributed by atoms with Gasteiger partial charge in [0.2, 0.25) is 0 Å². The van der Waals surface area contributed by atoms with Gasteiger partial charge in [-0.05, 0) is 56.8 Å². The van der Waals surface area contributed by atoms with Gasteiger partial charge in [0.05, 0.1) is 0 Å². The summed E-state index contributed by atoms with van der Waals surface area (Å²) in [5, 5.41) is 23.1. The second-order valence-corrected chi connectivity index (χ2v) is 4.63. The van der Waals surface area contributed by atoms with Gasteiger partial charge in [-0.25, -0.2) is 0 Å². The van der Waals surface area contributed by atoms with E-state index in [0.717, 1.165) is 42.6 Å². The zero-order chi connectivity index (χ0) is 11.7. The fourth-order valence-corrected chi connectivity index (χ4v) is 2.36. The molecular weight excluding hydrogens is 202 g/mol. The maximum absolute atomic E-state index is 9.98. The third-order valence-electron chi connectivity index (χ3n) is 3.60. The lowest BCUT2D eigenvalue weighted by Crippen LogP contribution is -2.26. The molecule has 0 atom stereocenters. The highest BCUT2D eigenvalue weighted by atomic mass is 16.3. The van der Waals surface area contributed by atoms with Gasteiger partial charge in [0.15, 0.2) is 11.5 Å². The van der Waals surface area contributed by atoms with Crippen LogP contribution in [0.3, 0.4) is 0 Å². The molecule has 1 aromatic rings. The third-order valence-corrected chi connectivity index (χ3v) is 3.60. The van der Waals surface area contributed by atoms with E-state index in [1.54, 1.807) is 0 Å². The minimum atomic E-state index is 0.0496. The standard InChI is InChI=1S/C13H19NO2/c1-8-7-11(10-3-5-14-6-4-10)13(16)12(15)9(8)2/h7,10,14-16H,3-6H2,1-2H3. The van der Waals surface area contributed by atoms with Crippen molar-refractivity contribution in [2.45, 2.75) is 32.6 Å². The molecule has 88 valence electrons. The number of piperidine rings is 1. The Kier molecular flexibility index (Phi) is 3.06. The largest absolute Gasteiger partial charge is 0.504 e. The van der Waals surface area contributed by atoms with Gasteiger partial charge in [-0.2, -0.15) is 0 Å². The minimum absolute atomic E-state index is 0.0496. The van der Waals surface area contributed by atoms with E-state index in [4.69, 9.17) is 0 Å². The van der Waals surface area contributed by atoms with Gasteiger partial charge in [0.25, 0.3) is 0 Å². The van der Waals surface area contributed by atoms with Crippen LogP contribution in [-0.2, 0) is 0 Å². The van der Waals surface area contributed by atoms with E-state index in [1.807, 2.05) is 19.9 Å². The number of rotatable bonds is 1. The predicted molar refractivity (Wildman–Crippen MR) is 64.1 cm³/mol. The highest BCUT2D eigenvalue weighted by Crippen LogP contribution is 2.40. The molecule has 0 saturated carbocycles. The Hall–Kier alpha value is -1.22. The van der Waals surface area contributed by atoms with Crippen molar-refractivity contribution in [3.8, 4) is 11.5 Å². The molecule has 1 fully saturated rings. The molecule has 3 N–H and O–H groups in total.